The van der Waals surface area contributed by atoms with Crippen LogP contribution in [0.2, 0.25) is 0 Å². The van der Waals surface area contributed by atoms with Crippen molar-refractivity contribution in [1.29, 1.82) is 0 Å². The van der Waals surface area contributed by atoms with Crippen molar-refractivity contribution in [1.82, 2.24) is 20.1 Å². The highest BCUT2D eigenvalue weighted by atomic mass is 19.1. The van der Waals surface area contributed by atoms with Crippen LogP contribution in [0.15, 0.2) is 12.1 Å². The quantitative estimate of drug-likeness (QED) is 0.820. The van der Waals surface area contributed by atoms with Gasteiger partial charge in [-0.2, -0.15) is 0 Å². The maximum absolute atomic E-state index is 14.2. The van der Waals surface area contributed by atoms with Crippen molar-refractivity contribution in [2.75, 3.05) is 11.9 Å². The fourth-order valence-corrected chi connectivity index (χ4v) is 3.87. The van der Waals surface area contributed by atoms with Crippen LogP contribution >= 0.6 is 0 Å². The second-order valence-electron chi connectivity index (χ2n) is 7.58. The number of amides is 2. The molecule has 9 heteroatoms. The fourth-order valence-electron chi connectivity index (χ4n) is 3.87. The third kappa shape index (κ3) is 3.81. The van der Waals surface area contributed by atoms with E-state index in [4.69, 9.17) is 4.74 Å². The second kappa shape index (κ2) is 7.81. The Hall–Kier alpha value is -2.97. The topological polar surface area (TPSA) is 98.1 Å². The lowest BCUT2D eigenvalue weighted by molar-refractivity contribution is -0.118. The first-order chi connectivity index (χ1) is 14.0. The van der Waals surface area contributed by atoms with Gasteiger partial charge < -0.3 is 15.4 Å². The van der Waals surface area contributed by atoms with E-state index in [2.05, 4.69) is 27.6 Å². The van der Waals surface area contributed by atoms with Crippen molar-refractivity contribution in [3.05, 3.63) is 35.2 Å². The lowest BCUT2D eigenvalue weighted by atomic mass is 10.0. The third-order valence-corrected chi connectivity index (χ3v) is 5.28. The summed E-state index contributed by atoms with van der Waals surface area (Å²) in [5, 5.41) is 9.50. The van der Waals surface area contributed by atoms with Crippen LogP contribution in [-0.4, -0.2) is 39.2 Å². The number of carbonyl (C=O) groups excluding carboxylic acids is 2. The number of aromatic nitrogens is 3. The number of carbonyl (C=O) groups is 2. The first-order valence-electron chi connectivity index (χ1n) is 9.96. The van der Waals surface area contributed by atoms with Crippen LogP contribution in [0.4, 0.5) is 10.1 Å². The summed E-state index contributed by atoms with van der Waals surface area (Å²) in [5.41, 5.74) is 0.655. The molecule has 2 aromatic rings. The Kier molecular flexibility index (Phi) is 5.21. The zero-order valence-corrected chi connectivity index (χ0v) is 16.5. The predicted octanol–water partition coefficient (Wildman–Crippen LogP) is 2.53. The summed E-state index contributed by atoms with van der Waals surface area (Å²) in [6, 6.07) is 2.22. The second-order valence-corrected chi connectivity index (χ2v) is 7.58. The van der Waals surface area contributed by atoms with Crippen molar-refractivity contribution < 1.29 is 18.7 Å². The molecule has 0 bridgehead atoms. The van der Waals surface area contributed by atoms with Crippen LogP contribution in [0.5, 0.6) is 5.75 Å². The van der Waals surface area contributed by atoms with Gasteiger partial charge in [-0.1, -0.05) is 13.3 Å². The molecule has 8 nitrogen and oxygen atoms in total. The average molecular weight is 401 g/mol. The number of benzene rings is 1. The number of hydrogen-bond donors (Lipinski definition) is 2. The molecule has 0 fully saturated rings. The number of rotatable bonds is 4. The van der Waals surface area contributed by atoms with Crippen LogP contribution < -0.4 is 15.4 Å². The van der Waals surface area contributed by atoms with Crippen LogP contribution in [0, 0.1) is 12.7 Å². The van der Waals surface area contributed by atoms with E-state index in [0.717, 1.165) is 37.9 Å². The Balaban J connectivity index is 1.49. The van der Waals surface area contributed by atoms with E-state index in [0.29, 0.717) is 5.56 Å². The number of halogens is 1. The number of fused-ring (bicyclic) bond motifs is 2. The molecular weight excluding hydrogens is 377 g/mol. The Labute approximate surface area is 167 Å². The van der Waals surface area contributed by atoms with Gasteiger partial charge in [0.1, 0.15) is 29.9 Å². The van der Waals surface area contributed by atoms with Gasteiger partial charge in [0, 0.05) is 6.42 Å². The Morgan fingerprint density at radius 1 is 1.45 bits per heavy atom. The van der Waals surface area contributed by atoms with Crippen molar-refractivity contribution in [3.63, 3.8) is 0 Å². The van der Waals surface area contributed by atoms with Gasteiger partial charge in [-0.25, -0.2) is 14.1 Å². The number of nitrogens with zero attached hydrogens (tertiary/aromatic N) is 3. The van der Waals surface area contributed by atoms with E-state index < -0.39 is 23.7 Å². The Morgan fingerprint density at radius 3 is 3.07 bits per heavy atom. The minimum atomic E-state index is -0.985. The molecule has 3 heterocycles. The summed E-state index contributed by atoms with van der Waals surface area (Å²) in [5.74, 6) is -0.594. The molecule has 154 valence electrons. The van der Waals surface area contributed by atoms with Gasteiger partial charge in [-0.15, -0.1) is 5.10 Å². The number of ether oxygens (including phenoxy) is 1. The highest BCUT2D eigenvalue weighted by Crippen LogP contribution is 2.31. The van der Waals surface area contributed by atoms with Crippen LogP contribution in [0.1, 0.15) is 60.7 Å². The van der Waals surface area contributed by atoms with E-state index in [-0.39, 0.29) is 29.9 Å². The van der Waals surface area contributed by atoms with Crippen molar-refractivity contribution in [2.45, 2.75) is 58.0 Å². The smallest absolute Gasteiger partial charge is 0.291 e. The SMILES string of the molecule is CCC[C@@H]1CCCc2nc(C(=O)N[C@H]3COc4cc(C)cc(F)c4NC3=O)nn21. The predicted molar refractivity (Wildman–Crippen MR) is 103 cm³/mol. The summed E-state index contributed by atoms with van der Waals surface area (Å²) in [7, 11) is 0. The zero-order chi connectivity index (χ0) is 20.5. The lowest BCUT2D eigenvalue weighted by Crippen LogP contribution is -2.46. The fraction of sp³-hybridized carbons (Fsp3) is 0.500. The van der Waals surface area contributed by atoms with Gasteiger partial charge in [-0.3, -0.25) is 9.59 Å². The molecule has 0 saturated heterocycles. The third-order valence-electron chi connectivity index (χ3n) is 5.28. The molecule has 0 saturated carbocycles. The van der Waals surface area contributed by atoms with E-state index in [1.807, 2.05) is 4.68 Å². The number of hydrogen-bond acceptors (Lipinski definition) is 5. The van der Waals surface area contributed by atoms with E-state index in [1.54, 1.807) is 13.0 Å². The summed E-state index contributed by atoms with van der Waals surface area (Å²) in [4.78, 5) is 29.6. The largest absolute Gasteiger partial charge is 0.489 e. The molecule has 2 N–H and O–H groups in total. The minimum absolute atomic E-state index is 0.0182. The van der Waals surface area contributed by atoms with E-state index in [9.17, 15) is 14.0 Å². The first kappa shape index (κ1) is 19.4. The average Bonchev–Trinajstić information content (AvgIpc) is 3.06. The zero-order valence-electron chi connectivity index (χ0n) is 16.5. The number of aryl methyl sites for hydroxylation is 2. The molecule has 0 aliphatic carbocycles. The van der Waals surface area contributed by atoms with Gasteiger partial charge in [0.15, 0.2) is 5.82 Å². The number of nitrogens with one attached hydrogen (secondary N) is 2. The molecule has 1 aromatic carbocycles. The molecule has 1 aromatic heterocycles. The van der Waals surface area contributed by atoms with Crippen molar-refractivity contribution >= 4 is 17.5 Å². The highest BCUT2D eigenvalue weighted by Gasteiger charge is 2.31. The maximum Gasteiger partial charge on any atom is 0.291 e. The standard InChI is InChI=1S/C20H24FN5O3/c1-3-5-12-6-4-7-16-23-18(25-26(12)16)20(28)22-14-10-29-15-9-11(2)8-13(21)17(15)24-19(14)27/h8-9,12,14H,3-7,10H2,1-2H3,(H,22,28)(H,24,27)/t12-,14+/m1/s1. The van der Waals surface area contributed by atoms with Gasteiger partial charge in [0.05, 0.1) is 6.04 Å². The summed E-state index contributed by atoms with van der Waals surface area (Å²) >= 11 is 0. The molecule has 4 rings (SSSR count). The van der Waals surface area contributed by atoms with Gasteiger partial charge in [0.25, 0.3) is 11.8 Å². The summed E-state index contributed by atoms with van der Waals surface area (Å²) in [6.07, 6.45) is 4.84. The maximum atomic E-state index is 14.2. The van der Waals surface area contributed by atoms with Crippen molar-refractivity contribution in [2.24, 2.45) is 0 Å². The highest BCUT2D eigenvalue weighted by molar-refractivity contribution is 6.01. The molecule has 0 radical (unpaired) electrons. The first-order valence-corrected chi connectivity index (χ1v) is 9.96. The van der Waals surface area contributed by atoms with Crippen LogP contribution in [0.3, 0.4) is 0 Å². The minimum Gasteiger partial charge on any atom is -0.489 e. The summed E-state index contributed by atoms with van der Waals surface area (Å²) < 4.78 is 21.6. The van der Waals surface area contributed by atoms with Gasteiger partial charge >= 0.3 is 0 Å². The molecular formula is C20H24FN5O3. The van der Waals surface area contributed by atoms with Crippen LogP contribution in [0.25, 0.3) is 0 Å². The summed E-state index contributed by atoms with van der Waals surface area (Å²) in [6.45, 7) is 3.74. The molecule has 2 atom stereocenters. The monoisotopic (exact) mass is 401 g/mol. The van der Waals surface area contributed by atoms with E-state index >= 15 is 0 Å². The van der Waals surface area contributed by atoms with Crippen molar-refractivity contribution in [3.8, 4) is 5.75 Å². The Bertz CT molecular complexity index is 958. The van der Waals surface area contributed by atoms with Gasteiger partial charge in [-0.05, 0) is 43.9 Å². The molecule has 2 aliphatic rings. The normalized spacial score (nSPS) is 20.7. The molecule has 0 unspecified atom stereocenters. The molecule has 0 spiro atoms. The van der Waals surface area contributed by atoms with E-state index in [1.165, 1.54) is 6.07 Å². The molecule has 29 heavy (non-hydrogen) atoms. The number of anilines is 1. The van der Waals surface area contributed by atoms with Crippen LogP contribution in [-0.2, 0) is 11.2 Å². The molecule has 2 aliphatic heterocycles. The Morgan fingerprint density at radius 2 is 2.28 bits per heavy atom. The lowest BCUT2D eigenvalue weighted by Gasteiger charge is -2.22. The van der Waals surface area contributed by atoms with Gasteiger partial charge in [0.2, 0.25) is 5.82 Å². The molecule has 2 amide bonds.